The van der Waals surface area contributed by atoms with Crippen LogP contribution < -0.4 is 21.9 Å². The average molecular weight is 470 g/mol. The van der Waals surface area contributed by atoms with Crippen molar-refractivity contribution in [2.75, 3.05) is 17.2 Å². The number of anilines is 2. The summed E-state index contributed by atoms with van der Waals surface area (Å²) >= 11 is 0. The number of nitrogens with zero attached hydrogens (tertiary/aromatic N) is 3. The van der Waals surface area contributed by atoms with Crippen molar-refractivity contribution in [1.29, 1.82) is 0 Å². The molecule has 0 saturated carbocycles. The van der Waals surface area contributed by atoms with Gasteiger partial charge in [-0.25, -0.2) is 4.79 Å². The van der Waals surface area contributed by atoms with Gasteiger partial charge in [0.1, 0.15) is 5.82 Å². The zero-order valence-corrected chi connectivity index (χ0v) is 19.5. The molecule has 0 spiro atoms. The topological polar surface area (TPSA) is 114 Å². The Labute approximate surface area is 202 Å². The molecule has 1 amide bonds. The molecule has 4 rings (SSSR count). The fourth-order valence-corrected chi connectivity index (χ4v) is 3.92. The molecule has 178 valence electrons. The van der Waals surface area contributed by atoms with Crippen molar-refractivity contribution in [3.05, 3.63) is 105 Å². The number of benzene rings is 2. The van der Waals surface area contributed by atoms with Crippen LogP contribution >= 0.6 is 0 Å². The van der Waals surface area contributed by atoms with Crippen LogP contribution in [-0.2, 0) is 11.3 Å². The molecule has 4 aromatic rings. The first kappa shape index (κ1) is 23.7. The molecule has 0 saturated heterocycles. The van der Waals surface area contributed by atoms with Crippen LogP contribution in [0.25, 0.3) is 17.0 Å². The third-order valence-electron chi connectivity index (χ3n) is 5.74. The quantitative estimate of drug-likeness (QED) is 0.383. The molecule has 0 fully saturated rings. The van der Waals surface area contributed by atoms with Gasteiger partial charge in [-0.3, -0.25) is 24.1 Å². The van der Waals surface area contributed by atoms with Crippen molar-refractivity contribution in [3.63, 3.8) is 0 Å². The second-order valence-corrected chi connectivity index (χ2v) is 8.16. The summed E-state index contributed by atoms with van der Waals surface area (Å²) in [6, 6.07) is 18.8. The molecule has 2 heterocycles. The lowest BCUT2D eigenvalue weighted by Gasteiger charge is -2.23. The summed E-state index contributed by atoms with van der Waals surface area (Å²) in [6.45, 7) is 2.44. The Morgan fingerprint density at radius 2 is 1.86 bits per heavy atom. The maximum absolute atomic E-state index is 13.3. The summed E-state index contributed by atoms with van der Waals surface area (Å²) < 4.78 is 1.27. The van der Waals surface area contributed by atoms with E-state index in [4.69, 9.17) is 5.73 Å². The van der Waals surface area contributed by atoms with Crippen LogP contribution in [0.3, 0.4) is 0 Å². The number of para-hydroxylation sites is 1. The molecule has 8 nitrogen and oxygen atoms in total. The summed E-state index contributed by atoms with van der Waals surface area (Å²) in [5.74, 6) is -0.458. The summed E-state index contributed by atoms with van der Waals surface area (Å²) in [4.78, 5) is 46.8. The smallest absolute Gasteiger partial charge is 0.330 e. The number of unbranched alkanes of at least 4 members (excludes halogenated alkanes) is 1. The number of aromatic amines is 1. The first-order valence-electron chi connectivity index (χ1n) is 11.5. The van der Waals surface area contributed by atoms with Gasteiger partial charge in [0.15, 0.2) is 5.69 Å². The van der Waals surface area contributed by atoms with E-state index in [9.17, 15) is 14.4 Å². The molecule has 0 atom stereocenters. The fraction of sp³-hybridized carbons (Fsp3) is 0.185. The Morgan fingerprint density at radius 1 is 1.09 bits per heavy atom. The third kappa shape index (κ3) is 5.22. The zero-order valence-electron chi connectivity index (χ0n) is 19.5. The number of carbonyl (C=O) groups is 1. The molecule has 0 bridgehead atoms. The minimum Gasteiger partial charge on any atom is -0.383 e. The molecule has 0 aliphatic rings. The van der Waals surface area contributed by atoms with Crippen LogP contribution in [0, 0.1) is 0 Å². The Kier molecular flexibility index (Phi) is 7.21. The highest BCUT2D eigenvalue weighted by Gasteiger charge is 2.22. The highest BCUT2D eigenvalue weighted by atomic mass is 16.2. The van der Waals surface area contributed by atoms with Crippen molar-refractivity contribution in [1.82, 2.24) is 14.5 Å². The molecule has 0 radical (unpaired) electrons. The Balaban J connectivity index is 1.73. The number of fused-ring (bicyclic) bond motifs is 1. The number of carbonyl (C=O) groups excluding carboxylic acids is 1. The molecule has 2 aromatic carbocycles. The molecule has 0 unspecified atom stereocenters. The van der Waals surface area contributed by atoms with Crippen LogP contribution in [0.1, 0.15) is 30.9 Å². The summed E-state index contributed by atoms with van der Waals surface area (Å²) in [7, 11) is 0. The number of nitrogen functional groups attached to an aromatic ring is 1. The minimum absolute atomic E-state index is 0.0281. The molecular weight excluding hydrogens is 442 g/mol. The van der Waals surface area contributed by atoms with Crippen LogP contribution in [-0.4, -0.2) is 27.0 Å². The molecule has 0 aliphatic carbocycles. The number of aromatic nitrogens is 3. The lowest BCUT2D eigenvalue weighted by molar-refractivity contribution is -0.114. The molecule has 8 heteroatoms. The van der Waals surface area contributed by atoms with Gasteiger partial charge in [0, 0.05) is 29.8 Å². The van der Waals surface area contributed by atoms with E-state index in [1.165, 1.54) is 15.5 Å². The van der Waals surface area contributed by atoms with E-state index in [1.54, 1.807) is 12.3 Å². The maximum Gasteiger partial charge on any atom is 0.330 e. The highest BCUT2D eigenvalue weighted by molar-refractivity contribution is 6.06. The zero-order chi connectivity index (χ0) is 24.8. The number of H-pyrrole nitrogens is 1. The number of pyridine rings is 1. The Morgan fingerprint density at radius 3 is 2.63 bits per heavy atom. The van der Waals surface area contributed by atoms with Crippen LogP contribution in [0.15, 0.2) is 82.5 Å². The Bertz CT molecular complexity index is 1480. The maximum atomic E-state index is 13.3. The van der Waals surface area contributed by atoms with E-state index in [-0.39, 0.29) is 24.6 Å². The predicted molar refractivity (Wildman–Crippen MR) is 139 cm³/mol. The molecule has 2 aromatic heterocycles. The van der Waals surface area contributed by atoms with Gasteiger partial charge < -0.3 is 10.6 Å². The summed E-state index contributed by atoms with van der Waals surface area (Å²) in [5.41, 5.74) is 7.39. The number of hydrogen-bond acceptors (Lipinski definition) is 5. The van der Waals surface area contributed by atoms with Gasteiger partial charge in [0.2, 0.25) is 0 Å². The van der Waals surface area contributed by atoms with Crippen LogP contribution in [0.4, 0.5) is 11.5 Å². The van der Waals surface area contributed by atoms with E-state index in [2.05, 4.69) is 9.97 Å². The second-order valence-electron chi connectivity index (χ2n) is 8.16. The number of amides is 1. The SMILES string of the molecule is CCCCN(C(=O)C=Cc1cccc2cccnc12)c1c(N)n(Cc2ccccc2)c(=O)[nH]c1=O. The van der Waals surface area contributed by atoms with E-state index in [0.29, 0.717) is 6.42 Å². The van der Waals surface area contributed by atoms with Crippen LogP contribution in [0.5, 0.6) is 0 Å². The molecule has 35 heavy (non-hydrogen) atoms. The normalized spacial score (nSPS) is 11.2. The van der Waals surface area contributed by atoms with Crippen LogP contribution in [0.2, 0.25) is 0 Å². The van der Waals surface area contributed by atoms with E-state index in [1.807, 2.05) is 67.6 Å². The van der Waals surface area contributed by atoms with Gasteiger partial charge in [0.05, 0.1) is 12.1 Å². The van der Waals surface area contributed by atoms with E-state index < -0.39 is 17.2 Å². The highest BCUT2D eigenvalue weighted by Crippen LogP contribution is 2.21. The van der Waals surface area contributed by atoms with Gasteiger partial charge in [-0.2, -0.15) is 0 Å². The lowest BCUT2D eigenvalue weighted by atomic mass is 10.1. The third-order valence-corrected chi connectivity index (χ3v) is 5.74. The second kappa shape index (κ2) is 10.6. The van der Waals surface area contributed by atoms with Gasteiger partial charge in [-0.15, -0.1) is 0 Å². The number of rotatable bonds is 8. The average Bonchev–Trinajstić information content (AvgIpc) is 2.87. The number of nitrogens with one attached hydrogen (secondary N) is 1. The fourth-order valence-electron chi connectivity index (χ4n) is 3.92. The van der Waals surface area contributed by atoms with Gasteiger partial charge in [0.25, 0.3) is 11.5 Å². The van der Waals surface area contributed by atoms with Crippen molar-refractivity contribution in [2.24, 2.45) is 0 Å². The van der Waals surface area contributed by atoms with E-state index >= 15 is 0 Å². The first-order chi connectivity index (χ1) is 17.0. The molecule has 3 N–H and O–H groups in total. The predicted octanol–water partition coefficient (Wildman–Crippen LogP) is 3.56. The van der Waals surface area contributed by atoms with E-state index in [0.717, 1.165) is 28.5 Å². The molecule has 0 aliphatic heterocycles. The van der Waals surface area contributed by atoms with Crippen molar-refractivity contribution in [2.45, 2.75) is 26.3 Å². The minimum atomic E-state index is -0.693. The standard InChI is InChI=1S/C27H27N5O3/c1-2-3-17-31(22(33)15-14-21-12-7-11-20-13-8-16-29-23(20)21)24-25(28)32(27(35)30-26(24)34)18-19-9-5-4-6-10-19/h4-16H,2-3,17-18,28H2,1H3,(H,30,34,35). The Hall–Kier alpha value is -4.46. The monoisotopic (exact) mass is 469 g/mol. The van der Waals surface area contributed by atoms with Gasteiger partial charge in [-0.05, 0) is 24.1 Å². The number of hydrogen-bond donors (Lipinski definition) is 2. The molecular formula is C27H27N5O3. The summed E-state index contributed by atoms with van der Waals surface area (Å²) in [5, 5.41) is 0.957. The van der Waals surface area contributed by atoms with Crippen molar-refractivity contribution >= 4 is 34.4 Å². The van der Waals surface area contributed by atoms with Crippen molar-refractivity contribution in [3.8, 4) is 0 Å². The van der Waals surface area contributed by atoms with Gasteiger partial charge >= 0.3 is 5.69 Å². The van der Waals surface area contributed by atoms with Gasteiger partial charge in [-0.1, -0.05) is 67.9 Å². The number of nitrogens with two attached hydrogens (primary N) is 1. The summed E-state index contributed by atoms with van der Waals surface area (Å²) in [6.07, 6.45) is 6.26. The first-order valence-corrected chi connectivity index (χ1v) is 11.5. The van der Waals surface area contributed by atoms with Crippen molar-refractivity contribution < 1.29 is 4.79 Å². The largest absolute Gasteiger partial charge is 0.383 e. The lowest BCUT2D eigenvalue weighted by Crippen LogP contribution is -2.41.